The summed E-state index contributed by atoms with van der Waals surface area (Å²) in [5.41, 5.74) is -0.191. The quantitative estimate of drug-likeness (QED) is 0.416. The molecule has 0 aliphatic heterocycles. The Hall–Kier alpha value is -3.58. The largest absolute Gasteiger partial charge is 0.417 e. The fraction of sp³-hybridized carbons (Fsp3) is 0.200. The zero-order valence-electron chi connectivity index (χ0n) is 17.5. The number of benzene rings is 1. The van der Waals surface area contributed by atoms with Crippen LogP contribution >= 0.6 is 22.9 Å². The smallest absolute Gasteiger partial charge is 0.342 e. The molecular weight excluding hydrogens is 495 g/mol. The van der Waals surface area contributed by atoms with Crippen molar-refractivity contribution in [2.24, 2.45) is 7.05 Å². The Morgan fingerprint density at radius 1 is 1.15 bits per heavy atom. The van der Waals surface area contributed by atoms with E-state index in [2.05, 4.69) is 30.6 Å². The SMILES string of the molecule is CC(NC(=O)c1ncnc2c1ncn2C)c1ncc(C(=O)Nc2ccc(Cl)c(C(F)(F)F)c2)s1. The Balaban J connectivity index is 1.46. The molecule has 4 aromatic rings. The first kappa shape index (κ1) is 23.6. The van der Waals surface area contributed by atoms with Crippen LogP contribution in [0.15, 0.2) is 37.1 Å². The summed E-state index contributed by atoms with van der Waals surface area (Å²) in [5, 5.41) is 5.08. The highest BCUT2D eigenvalue weighted by Crippen LogP contribution is 2.36. The predicted octanol–water partition coefficient (Wildman–Crippen LogP) is 4.24. The van der Waals surface area contributed by atoms with Crippen LogP contribution in [-0.4, -0.2) is 36.3 Å². The number of carbonyl (C=O) groups excluding carboxylic acids is 2. The van der Waals surface area contributed by atoms with Crippen LogP contribution in [-0.2, 0) is 13.2 Å². The van der Waals surface area contributed by atoms with Crippen LogP contribution in [0.5, 0.6) is 0 Å². The van der Waals surface area contributed by atoms with Gasteiger partial charge in [-0.25, -0.2) is 19.9 Å². The van der Waals surface area contributed by atoms with Crippen molar-refractivity contribution in [3.63, 3.8) is 0 Å². The summed E-state index contributed by atoms with van der Waals surface area (Å²) in [6.07, 6.45) is -0.603. The monoisotopic (exact) mass is 509 g/mol. The maximum atomic E-state index is 13.0. The van der Waals surface area contributed by atoms with E-state index in [1.165, 1.54) is 24.9 Å². The van der Waals surface area contributed by atoms with Gasteiger partial charge in [0.1, 0.15) is 21.7 Å². The zero-order chi connectivity index (χ0) is 24.6. The van der Waals surface area contributed by atoms with E-state index in [9.17, 15) is 22.8 Å². The van der Waals surface area contributed by atoms with Gasteiger partial charge in [0, 0.05) is 12.7 Å². The van der Waals surface area contributed by atoms with Gasteiger partial charge in [-0.15, -0.1) is 11.3 Å². The summed E-state index contributed by atoms with van der Waals surface area (Å²) in [7, 11) is 1.74. The first-order valence-electron chi connectivity index (χ1n) is 9.61. The number of alkyl halides is 3. The Bertz CT molecular complexity index is 1400. The van der Waals surface area contributed by atoms with E-state index >= 15 is 0 Å². The third-order valence-corrected chi connectivity index (χ3v) is 6.22. The predicted molar refractivity (Wildman–Crippen MR) is 119 cm³/mol. The lowest BCUT2D eigenvalue weighted by Gasteiger charge is -2.11. The van der Waals surface area contributed by atoms with Crippen LogP contribution in [0.4, 0.5) is 18.9 Å². The highest BCUT2D eigenvalue weighted by molar-refractivity contribution is 7.13. The molecule has 9 nitrogen and oxygen atoms in total. The van der Waals surface area contributed by atoms with E-state index in [1.54, 1.807) is 18.5 Å². The first-order valence-corrected chi connectivity index (χ1v) is 10.8. The number of thiazole rings is 1. The maximum absolute atomic E-state index is 13.0. The molecule has 1 aromatic carbocycles. The second-order valence-electron chi connectivity index (χ2n) is 7.15. The molecule has 0 fully saturated rings. The summed E-state index contributed by atoms with van der Waals surface area (Å²) in [6.45, 7) is 1.67. The summed E-state index contributed by atoms with van der Waals surface area (Å²) >= 11 is 6.59. The van der Waals surface area contributed by atoms with Crippen molar-refractivity contribution in [1.29, 1.82) is 0 Å². The van der Waals surface area contributed by atoms with E-state index in [0.29, 0.717) is 16.2 Å². The van der Waals surface area contributed by atoms with E-state index in [-0.39, 0.29) is 16.3 Å². The Morgan fingerprint density at radius 2 is 1.91 bits per heavy atom. The number of rotatable bonds is 5. The van der Waals surface area contributed by atoms with Gasteiger partial charge in [-0.2, -0.15) is 13.2 Å². The minimum atomic E-state index is -4.66. The van der Waals surface area contributed by atoms with Gasteiger partial charge >= 0.3 is 6.18 Å². The molecule has 0 saturated carbocycles. The lowest BCUT2D eigenvalue weighted by atomic mass is 10.2. The number of hydrogen-bond acceptors (Lipinski definition) is 7. The summed E-state index contributed by atoms with van der Waals surface area (Å²) in [5.74, 6) is -1.15. The molecule has 0 bridgehead atoms. The Kier molecular flexibility index (Phi) is 6.23. The highest BCUT2D eigenvalue weighted by atomic mass is 35.5. The highest BCUT2D eigenvalue weighted by Gasteiger charge is 2.33. The number of halogens is 4. The van der Waals surface area contributed by atoms with Gasteiger partial charge in [-0.3, -0.25) is 9.59 Å². The second kappa shape index (κ2) is 8.99. The Morgan fingerprint density at radius 3 is 2.65 bits per heavy atom. The molecule has 14 heteroatoms. The number of fused-ring (bicyclic) bond motifs is 1. The summed E-state index contributed by atoms with van der Waals surface area (Å²) < 4.78 is 40.8. The lowest BCUT2D eigenvalue weighted by Crippen LogP contribution is -2.27. The third-order valence-electron chi connectivity index (χ3n) is 4.71. The number of aromatic nitrogens is 5. The Labute approximate surface area is 199 Å². The molecule has 0 saturated heterocycles. The van der Waals surface area contributed by atoms with Crippen LogP contribution in [0.25, 0.3) is 11.2 Å². The lowest BCUT2D eigenvalue weighted by molar-refractivity contribution is -0.137. The third kappa shape index (κ3) is 4.70. The average molecular weight is 510 g/mol. The molecule has 1 unspecified atom stereocenters. The molecule has 34 heavy (non-hydrogen) atoms. The number of hydrogen-bond donors (Lipinski definition) is 2. The van der Waals surface area contributed by atoms with Crippen molar-refractivity contribution >= 4 is 51.6 Å². The number of carbonyl (C=O) groups is 2. The number of imidazole rings is 1. The van der Waals surface area contributed by atoms with Crippen molar-refractivity contribution < 1.29 is 22.8 Å². The molecule has 1 atom stereocenters. The molecule has 3 heterocycles. The molecule has 0 radical (unpaired) electrons. The molecule has 176 valence electrons. The normalized spacial score (nSPS) is 12.5. The topological polar surface area (TPSA) is 115 Å². The van der Waals surface area contributed by atoms with Crippen LogP contribution in [0.3, 0.4) is 0 Å². The summed E-state index contributed by atoms with van der Waals surface area (Å²) in [6, 6.07) is 2.49. The molecule has 2 N–H and O–H groups in total. The molecule has 4 rings (SSSR count). The number of aryl methyl sites for hydroxylation is 1. The number of nitrogens with one attached hydrogen (secondary N) is 2. The van der Waals surface area contributed by atoms with Gasteiger partial charge in [-0.1, -0.05) is 11.6 Å². The van der Waals surface area contributed by atoms with E-state index in [4.69, 9.17) is 11.6 Å². The van der Waals surface area contributed by atoms with Crippen molar-refractivity contribution in [2.75, 3.05) is 5.32 Å². The number of nitrogens with zero attached hydrogens (tertiary/aromatic N) is 5. The van der Waals surface area contributed by atoms with Gasteiger partial charge in [0.05, 0.1) is 29.2 Å². The molecule has 2 amide bonds. The van der Waals surface area contributed by atoms with Gasteiger partial charge in [0.25, 0.3) is 11.8 Å². The van der Waals surface area contributed by atoms with Crippen molar-refractivity contribution in [3.05, 3.63) is 63.2 Å². The fourth-order valence-electron chi connectivity index (χ4n) is 3.04. The van der Waals surface area contributed by atoms with Crippen molar-refractivity contribution in [2.45, 2.75) is 19.1 Å². The average Bonchev–Trinajstić information content (AvgIpc) is 3.42. The molecule has 0 aliphatic carbocycles. The van der Waals surface area contributed by atoms with Crippen LogP contribution in [0, 0.1) is 0 Å². The van der Waals surface area contributed by atoms with E-state index in [0.717, 1.165) is 23.5 Å². The molecular formula is C20H15ClF3N7O2S. The molecule has 0 aliphatic rings. The zero-order valence-corrected chi connectivity index (χ0v) is 19.1. The number of amides is 2. The van der Waals surface area contributed by atoms with Crippen molar-refractivity contribution in [1.82, 2.24) is 29.8 Å². The summed E-state index contributed by atoms with van der Waals surface area (Å²) in [4.78, 5) is 41.8. The van der Waals surface area contributed by atoms with Crippen LogP contribution in [0.1, 0.15) is 43.7 Å². The first-order chi connectivity index (χ1) is 16.0. The van der Waals surface area contributed by atoms with E-state index in [1.807, 2.05) is 0 Å². The maximum Gasteiger partial charge on any atom is 0.417 e. The molecule has 0 spiro atoms. The standard InChI is InChI=1S/C20H15ClF3N7O2S/c1-9(29-18(33)15-14-16(27-7-26-15)31(2)8-28-14)19-25-6-13(34-19)17(32)30-10-3-4-12(21)11(5-10)20(22,23)24/h3-9H,1-2H3,(H,29,33)(H,30,32). The van der Waals surface area contributed by atoms with Crippen LogP contribution < -0.4 is 10.6 Å². The van der Waals surface area contributed by atoms with E-state index < -0.39 is 34.6 Å². The van der Waals surface area contributed by atoms with Gasteiger partial charge in [0.2, 0.25) is 0 Å². The minimum Gasteiger partial charge on any atom is -0.342 e. The van der Waals surface area contributed by atoms with Gasteiger partial charge in [-0.05, 0) is 25.1 Å². The molecule has 3 aromatic heterocycles. The van der Waals surface area contributed by atoms with Gasteiger partial charge < -0.3 is 15.2 Å². The number of anilines is 1. The van der Waals surface area contributed by atoms with Crippen LogP contribution in [0.2, 0.25) is 5.02 Å². The second-order valence-corrected chi connectivity index (χ2v) is 8.62. The van der Waals surface area contributed by atoms with Crippen molar-refractivity contribution in [3.8, 4) is 0 Å². The van der Waals surface area contributed by atoms with Gasteiger partial charge in [0.15, 0.2) is 11.3 Å². The fourth-order valence-corrected chi connectivity index (χ4v) is 4.08. The minimum absolute atomic E-state index is 0.0684.